The van der Waals surface area contributed by atoms with Gasteiger partial charge in [0.1, 0.15) is 16.5 Å². The number of halogens is 2. The summed E-state index contributed by atoms with van der Waals surface area (Å²) in [6.07, 6.45) is 1.54. The minimum absolute atomic E-state index is 0.168. The summed E-state index contributed by atoms with van der Waals surface area (Å²) in [6.45, 7) is 0. The van der Waals surface area contributed by atoms with Crippen LogP contribution in [0.5, 0.6) is 0 Å². The van der Waals surface area contributed by atoms with Gasteiger partial charge >= 0.3 is 0 Å². The van der Waals surface area contributed by atoms with Crippen molar-refractivity contribution in [2.24, 2.45) is 0 Å². The standard InChI is InChI=1S/C12H11F2NO2S/c13-9-3-4-10(14)11(7-9)18(16,17)12(8-15)5-1-2-6-12/h3-4,7H,1-2,5-6H2. The van der Waals surface area contributed by atoms with E-state index < -0.39 is 31.1 Å². The molecule has 6 heteroatoms. The van der Waals surface area contributed by atoms with E-state index in [1.165, 1.54) is 0 Å². The molecule has 1 aliphatic carbocycles. The molecular weight excluding hydrogens is 260 g/mol. The van der Waals surface area contributed by atoms with Crippen molar-refractivity contribution < 1.29 is 17.2 Å². The Bertz CT molecular complexity index is 613. The lowest BCUT2D eigenvalue weighted by Gasteiger charge is -2.20. The summed E-state index contributed by atoms with van der Waals surface area (Å²) in [4.78, 5) is -0.717. The molecule has 0 spiro atoms. The van der Waals surface area contributed by atoms with Gasteiger partial charge in [0.05, 0.1) is 6.07 Å². The van der Waals surface area contributed by atoms with Crippen LogP contribution in [0.1, 0.15) is 25.7 Å². The molecule has 0 heterocycles. The molecule has 3 nitrogen and oxygen atoms in total. The van der Waals surface area contributed by atoms with Gasteiger partial charge in [0.15, 0.2) is 14.6 Å². The molecule has 0 saturated heterocycles. The Hall–Kier alpha value is -1.48. The van der Waals surface area contributed by atoms with Crippen molar-refractivity contribution in [1.29, 1.82) is 5.26 Å². The van der Waals surface area contributed by atoms with Crippen LogP contribution in [0.2, 0.25) is 0 Å². The molecule has 1 aromatic rings. The average molecular weight is 271 g/mol. The smallest absolute Gasteiger partial charge is 0.200 e. The fourth-order valence-electron chi connectivity index (χ4n) is 2.28. The van der Waals surface area contributed by atoms with Crippen molar-refractivity contribution in [2.75, 3.05) is 0 Å². The van der Waals surface area contributed by atoms with Crippen LogP contribution in [0.15, 0.2) is 23.1 Å². The van der Waals surface area contributed by atoms with Gasteiger partial charge in [-0.15, -0.1) is 0 Å². The average Bonchev–Trinajstić information content (AvgIpc) is 2.82. The van der Waals surface area contributed by atoms with Crippen molar-refractivity contribution >= 4 is 9.84 Å². The molecule has 0 radical (unpaired) electrons. The van der Waals surface area contributed by atoms with E-state index in [-0.39, 0.29) is 12.8 Å². The molecule has 1 saturated carbocycles. The van der Waals surface area contributed by atoms with Gasteiger partial charge < -0.3 is 0 Å². The molecule has 0 amide bonds. The third-order valence-corrected chi connectivity index (χ3v) is 5.73. The molecule has 0 aliphatic heterocycles. The topological polar surface area (TPSA) is 57.9 Å². The van der Waals surface area contributed by atoms with Gasteiger partial charge in [-0.05, 0) is 31.0 Å². The van der Waals surface area contributed by atoms with Crippen molar-refractivity contribution in [3.63, 3.8) is 0 Å². The maximum absolute atomic E-state index is 13.6. The number of benzene rings is 1. The van der Waals surface area contributed by atoms with Crippen LogP contribution < -0.4 is 0 Å². The zero-order chi connectivity index (χ0) is 13.4. The van der Waals surface area contributed by atoms with Gasteiger partial charge in [-0.3, -0.25) is 0 Å². The number of hydrogen-bond acceptors (Lipinski definition) is 3. The molecule has 0 aromatic heterocycles. The Balaban J connectivity index is 2.62. The van der Waals surface area contributed by atoms with Gasteiger partial charge in [-0.25, -0.2) is 17.2 Å². The Kier molecular flexibility index (Phi) is 3.11. The number of nitrogens with zero attached hydrogens (tertiary/aromatic N) is 1. The highest BCUT2D eigenvalue weighted by atomic mass is 32.2. The van der Waals surface area contributed by atoms with E-state index in [1.807, 2.05) is 0 Å². The summed E-state index contributed by atoms with van der Waals surface area (Å²) in [6, 6.07) is 4.04. The quantitative estimate of drug-likeness (QED) is 0.830. The van der Waals surface area contributed by atoms with Crippen LogP contribution in [0.25, 0.3) is 0 Å². The van der Waals surface area contributed by atoms with Crippen molar-refractivity contribution in [3.8, 4) is 6.07 Å². The lowest BCUT2D eigenvalue weighted by atomic mass is 10.1. The SMILES string of the molecule is N#CC1(S(=O)(=O)c2cc(F)ccc2F)CCCC1. The predicted octanol–water partition coefficient (Wildman–Crippen LogP) is 2.57. The number of hydrogen-bond donors (Lipinski definition) is 0. The Morgan fingerprint density at radius 1 is 1.22 bits per heavy atom. The molecule has 0 unspecified atom stereocenters. The molecule has 0 atom stereocenters. The first kappa shape index (κ1) is 13.0. The van der Waals surface area contributed by atoms with Crippen molar-refractivity contribution in [3.05, 3.63) is 29.8 Å². The highest BCUT2D eigenvalue weighted by Crippen LogP contribution is 2.40. The fourth-order valence-corrected chi connectivity index (χ4v) is 4.24. The summed E-state index contributed by atoms with van der Waals surface area (Å²) in [7, 11) is -4.18. The maximum Gasteiger partial charge on any atom is 0.200 e. The Labute approximate surface area is 104 Å². The Morgan fingerprint density at radius 3 is 2.39 bits per heavy atom. The van der Waals surface area contributed by atoms with Gasteiger partial charge in [-0.1, -0.05) is 12.8 Å². The second kappa shape index (κ2) is 4.32. The first-order valence-electron chi connectivity index (χ1n) is 5.54. The van der Waals surface area contributed by atoms with Gasteiger partial charge in [0.2, 0.25) is 0 Å². The lowest BCUT2D eigenvalue weighted by Crippen LogP contribution is -2.34. The van der Waals surface area contributed by atoms with Crippen LogP contribution in [0, 0.1) is 23.0 Å². The monoisotopic (exact) mass is 271 g/mol. The molecule has 18 heavy (non-hydrogen) atoms. The second-order valence-corrected chi connectivity index (χ2v) is 6.62. The largest absolute Gasteiger partial charge is 0.222 e. The molecule has 1 aliphatic rings. The maximum atomic E-state index is 13.6. The second-order valence-electron chi connectivity index (χ2n) is 4.39. The van der Waals surface area contributed by atoms with Crippen LogP contribution in [0.4, 0.5) is 8.78 Å². The van der Waals surface area contributed by atoms with Crippen LogP contribution in [0.3, 0.4) is 0 Å². The summed E-state index contributed by atoms with van der Waals surface area (Å²) in [5.74, 6) is -1.85. The number of nitriles is 1. The van der Waals surface area contributed by atoms with Gasteiger partial charge in [0, 0.05) is 0 Å². The minimum Gasteiger partial charge on any atom is -0.222 e. The summed E-state index contributed by atoms with van der Waals surface area (Å²) in [5, 5.41) is 9.13. The van der Waals surface area contributed by atoms with Gasteiger partial charge in [-0.2, -0.15) is 5.26 Å². The lowest BCUT2D eigenvalue weighted by molar-refractivity contribution is 0.532. The van der Waals surface area contributed by atoms with E-state index in [1.54, 1.807) is 6.07 Å². The summed E-state index contributed by atoms with van der Waals surface area (Å²) < 4.78 is 49.7. The zero-order valence-corrected chi connectivity index (χ0v) is 10.3. The predicted molar refractivity (Wildman–Crippen MR) is 60.4 cm³/mol. The van der Waals surface area contributed by atoms with Crippen LogP contribution in [-0.4, -0.2) is 13.2 Å². The zero-order valence-electron chi connectivity index (χ0n) is 9.49. The van der Waals surface area contributed by atoms with E-state index in [2.05, 4.69) is 0 Å². The molecule has 2 rings (SSSR count). The molecule has 0 bridgehead atoms. The van der Waals surface area contributed by atoms with Crippen LogP contribution >= 0.6 is 0 Å². The van der Waals surface area contributed by atoms with E-state index >= 15 is 0 Å². The first-order chi connectivity index (χ1) is 8.43. The third-order valence-electron chi connectivity index (χ3n) is 3.31. The van der Waals surface area contributed by atoms with E-state index in [9.17, 15) is 17.2 Å². The highest BCUT2D eigenvalue weighted by Gasteiger charge is 2.48. The summed E-state index contributed by atoms with van der Waals surface area (Å²) in [5.41, 5.74) is 0. The first-order valence-corrected chi connectivity index (χ1v) is 7.02. The van der Waals surface area contributed by atoms with E-state index in [0.29, 0.717) is 18.9 Å². The fraction of sp³-hybridized carbons (Fsp3) is 0.417. The van der Waals surface area contributed by atoms with E-state index in [0.717, 1.165) is 12.1 Å². The summed E-state index contributed by atoms with van der Waals surface area (Å²) >= 11 is 0. The molecule has 1 aromatic carbocycles. The highest BCUT2D eigenvalue weighted by molar-refractivity contribution is 7.93. The van der Waals surface area contributed by atoms with Gasteiger partial charge in [0.25, 0.3) is 0 Å². The number of rotatable bonds is 2. The van der Waals surface area contributed by atoms with Crippen molar-refractivity contribution in [2.45, 2.75) is 35.3 Å². The molecule has 1 fully saturated rings. The van der Waals surface area contributed by atoms with E-state index in [4.69, 9.17) is 5.26 Å². The molecular formula is C12H11F2NO2S. The normalized spacial score (nSPS) is 18.5. The molecule has 0 N–H and O–H groups in total. The molecule has 96 valence electrons. The van der Waals surface area contributed by atoms with Crippen molar-refractivity contribution in [1.82, 2.24) is 0 Å². The minimum atomic E-state index is -4.18. The number of sulfone groups is 1. The van der Waals surface area contributed by atoms with Crippen LogP contribution in [-0.2, 0) is 9.84 Å². The third kappa shape index (κ3) is 1.79. The Morgan fingerprint density at radius 2 is 1.83 bits per heavy atom.